The number of imide groups is 1. The first-order chi connectivity index (χ1) is 11.0. The van der Waals surface area contributed by atoms with Crippen LogP contribution in [0.25, 0.3) is 0 Å². The summed E-state index contributed by atoms with van der Waals surface area (Å²) in [6, 6.07) is 0. The number of hydrogen-bond acceptors (Lipinski definition) is 4. The number of aliphatic carboxylic acids is 1. The van der Waals surface area contributed by atoms with Gasteiger partial charge in [-0.3, -0.25) is 24.6 Å². The molecule has 0 saturated heterocycles. The van der Waals surface area contributed by atoms with Gasteiger partial charge in [0, 0.05) is 6.92 Å². The molecule has 2 atom stereocenters. The summed E-state index contributed by atoms with van der Waals surface area (Å²) in [5, 5.41) is 11.0. The zero-order chi connectivity index (χ0) is 18.9. The Labute approximate surface area is 143 Å². The number of carbonyl (C=O) groups excluding carboxylic acids is 2. The fourth-order valence-electron chi connectivity index (χ4n) is 1.88. The Hall–Kier alpha value is -2.21. The summed E-state index contributed by atoms with van der Waals surface area (Å²) in [6.07, 6.45) is 4.31. The van der Waals surface area contributed by atoms with Crippen molar-refractivity contribution in [2.45, 2.75) is 27.2 Å². The molecule has 0 aromatic rings. The van der Waals surface area contributed by atoms with Gasteiger partial charge in [0.25, 0.3) is 0 Å². The van der Waals surface area contributed by atoms with Crippen LogP contribution < -0.4 is 5.32 Å². The molecule has 0 aromatic heterocycles. The lowest BCUT2D eigenvalue weighted by atomic mass is 9.95. The van der Waals surface area contributed by atoms with Crippen molar-refractivity contribution in [1.29, 1.82) is 0 Å². The van der Waals surface area contributed by atoms with E-state index in [2.05, 4.69) is 18.5 Å². The van der Waals surface area contributed by atoms with Crippen molar-refractivity contribution in [1.82, 2.24) is 10.2 Å². The van der Waals surface area contributed by atoms with Crippen molar-refractivity contribution in [3.63, 3.8) is 0 Å². The van der Waals surface area contributed by atoms with E-state index in [1.165, 1.54) is 6.92 Å². The molecule has 0 fully saturated rings. The first-order valence-corrected chi connectivity index (χ1v) is 7.82. The minimum Gasteiger partial charge on any atom is -0.480 e. The van der Waals surface area contributed by atoms with Crippen LogP contribution in [0.3, 0.4) is 0 Å². The molecule has 2 N–H and O–H groups in total. The molecule has 0 saturated carbocycles. The lowest BCUT2D eigenvalue weighted by molar-refractivity contribution is -0.138. The third-order valence-electron chi connectivity index (χ3n) is 3.74. The third-order valence-corrected chi connectivity index (χ3v) is 3.74. The molecule has 0 aliphatic rings. The van der Waals surface area contributed by atoms with E-state index in [0.717, 1.165) is 12.0 Å². The number of hydrogen-bond donors (Lipinski definition) is 2. The van der Waals surface area contributed by atoms with Gasteiger partial charge in [-0.15, -0.1) is 0 Å². The fourth-order valence-corrected chi connectivity index (χ4v) is 1.88. The average Bonchev–Trinajstić information content (AvgIpc) is 2.47. The van der Waals surface area contributed by atoms with Crippen LogP contribution in [0.5, 0.6) is 0 Å². The molecule has 2 unspecified atom stereocenters. The second-order valence-electron chi connectivity index (χ2n) is 6.07. The average molecular weight is 336 g/mol. The zero-order valence-electron chi connectivity index (χ0n) is 15.0. The van der Waals surface area contributed by atoms with Gasteiger partial charge in [-0.2, -0.15) is 0 Å². The van der Waals surface area contributed by atoms with Crippen LogP contribution in [0.1, 0.15) is 27.2 Å². The standard InChI is InChI=1S/C18H28N2O4/c1-12(13(2)9-10-20(6)11-17(22)23)7-8-14(3)15(4)18(24)19-16(5)21/h7-8,13,15H,1,3,9-11H2,2,4-6H3,(H,22,23)(H,19,21,24)/b8-7-. The number of nitrogens with zero attached hydrogens (tertiary/aromatic N) is 1. The molecule has 0 radical (unpaired) electrons. The minimum atomic E-state index is -0.849. The fraction of sp³-hybridized carbons (Fsp3) is 0.500. The molecular weight excluding hydrogens is 308 g/mol. The summed E-state index contributed by atoms with van der Waals surface area (Å²) in [7, 11) is 1.76. The molecule has 6 heteroatoms. The Bertz CT molecular complexity index is 537. The predicted octanol–water partition coefficient (Wildman–Crippen LogP) is 2.00. The molecule has 0 spiro atoms. The SMILES string of the molecule is C=C(/C=C\C(=C)C(C)C(=O)NC(C)=O)C(C)CCN(C)CC(=O)O. The number of nitrogens with one attached hydrogen (secondary N) is 1. The van der Waals surface area contributed by atoms with E-state index in [0.29, 0.717) is 12.1 Å². The van der Waals surface area contributed by atoms with Crippen LogP contribution in [0.4, 0.5) is 0 Å². The maximum Gasteiger partial charge on any atom is 0.317 e. The summed E-state index contributed by atoms with van der Waals surface area (Å²) in [5.41, 5.74) is 1.46. The number of rotatable bonds is 10. The highest BCUT2D eigenvalue weighted by molar-refractivity contribution is 5.96. The molecule has 24 heavy (non-hydrogen) atoms. The summed E-state index contributed by atoms with van der Waals surface area (Å²) in [6.45, 7) is 13.5. The number of likely N-dealkylation sites (N-methyl/N-ethyl adjacent to an activating group) is 1. The van der Waals surface area contributed by atoms with E-state index < -0.39 is 17.8 Å². The van der Waals surface area contributed by atoms with Gasteiger partial charge in [-0.1, -0.05) is 37.8 Å². The predicted molar refractivity (Wildman–Crippen MR) is 94.3 cm³/mol. The van der Waals surface area contributed by atoms with Crippen LogP contribution in [-0.4, -0.2) is 47.9 Å². The van der Waals surface area contributed by atoms with Crippen molar-refractivity contribution in [3.05, 3.63) is 36.5 Å². The van der Waals surface area contributed by atoms with Crippen molar-refractivity contribution in [2.75, 3.05) is 20.1 Å². The first kappa shape index (κ1) is 21.8. The third kappa shape index (κ3) is 9.05. The number of allylic oxidation sites excluding steroid dienone is 3. The molecule has 0 heterocycles. The topological polar surface area (TPSA) is 86.7 Å². The molecule has 6 nitrogen and oxygen atoms in total. The van der Waals surface area contributed by atoms with Crippen LogP contribution >= 0.6 is 0 Å². The summed E-state index contributed by atoms with van der Waals surface area (Å²) in [5.74, 6) is -1.96. The normalized spacial score (nSPS) is 13.5. The quantitative estimate of drug-likeness (QED) is 0.596. The van der Waals surface area contributed by atoms with Gasteiger partial charge in [0.2, 0.25) is 11.8 Å². The second-order valence-corrected chi connectivity index (χ2v) is 6.07. The number of carboxylic acids is 1. The number of carbonyl (C=O) groups is 3. The molecule has 0 bridgehead atoms. The highest BCUT2D eigenvalue weighted by Crippen LogP contribution is 2.17. The lowest BCUT2D eigenvalue weighted by Crippen LogP contribution is -2.33. The Balaban J connectivity index is 4.44. The molecule has 0 aliphatic heterocycles. The molecule has 134 valence electrons. The van der Waals surface area contributed by atoms with Crippen molar-refractivity contribution in [2.24, 2.45) is 11.8 Å². The summed E-state index contributed by atoms with van der Waals surface area (Å²) < 4.78 is 0. The van der Waals surface area contributed by atoms with Crippen molar-refractivity contribution >= 4 is 17.8 Å². The molecule has 0 rings (SSSR count). The zero-order valence-corrected chi connectivity index (χ0v) is 15.0. The van der Waals surface area contributed by atoms with E-state index in [1.54, 1.807) is 24.9 Å². The van der Waals surface area contributed by atoms with Crippen LogP contribution in [0.2, 0.25) is 0 Å². The lowest BCUT2D eigenvalue weighted by Gasteiger charge is -2.18. The van der Waals surface area contributed by atoms with E-state index in [4.69, 9.17) is 5.11 Å². The van der Waals surface area contributed by atoms with Crippen LogP contribution in [-0.2, 0) is 14.4 Å². The van der Waals surface area contributed by atoms with Gasteiger partial charge in [-0.05, 0) is 38.4 Å². The highest BCUT2D eigenvalue weighted by Gasteiger charge is 2.16. The second kappa shape index (κ2) is 10.5. The Morgan fingerprint density at radius 2 is 1.71 bits per heavy atom. The van der Waals surface area contributed by atoms with Gasteiger partial charge >= 0.3 is 5.97 Å². The van der Waals surface area contributed by atoms with E-state index >= 15 is 0 Å². The minimum absolute atomic E-state index is 0.00855. The largest absolute Gasteiger partial charge is 0.480 e. The summed E-state index contributed by atoms with van der Waals surface area (Å²) in [4.78, 5) is 35.0. The van der Waals surface area contributed by atoms with Gasteiger partial charge in [0.1, 0.15) is 0 Å². The van der Waals surface area contributed by atoms with Gasteiger partial charge < -0.3 is 5.11 Å². The maximum absolute atomic E-state index is 11.7. The monoisotopic (exact) mass is 336 g/mol. The summed E-state index contributed by atoms with van der Waals surface area (Å²) >= 11 is 0. The Kier molecular flexibility index (Phi) is 9.57. The molecule has 0 aromatic carbocycles. The maximum atomic E-state index is 11.7. The number of amides is 2. The van der Waals surface area contributed by atoms with Crippen LogP contribution in [0, 0.1) is 11.8 Å². The van der Waals surface area contributed by atoms with Gasteiger partial charge in [-0.25, -0.2) is 0 Å². The van der Waals surface area contributed by atoms with Crippen LogP contribution in [0.15, 0.2) is 36.5 Å². The van der Waals surface area contributed by atoms with Gasteiger partial charge in [0.15, 0.2) is 0 Å². The molecular formula is C18H28N2O4. The molecule has 2 amide bonds. The smallest absolute Gasteiger partial charge is 0.317 e. The highest BCUT2D eigenvalue weighted by atomic mass is 16.4. The van der Waals surface area contributed by atoms with E-state index in [9.17, 15) is 14.4 Å². The Morgan fingerprint density at radius 3 is 2.21 bits per heavy atom. The van der Waals surface area contributed by atoms with Gasteiger partial charge in [0.05, 0.1) is 12.5 Å². The molecule has 0 aliphatic carbocycles. The van der Waals surface area contributed by atoms with E-state index in [1.807, 2.05) is 13.0 Å². The number of carboxylic acid groups (broad SMARTS) is 1. The Morgan fingerprint density at radius 1 is 1.17 bits per heavy atom. The van der Waals surface area contributed by atoms with Crippen molar-refractivity contribution in [3.8, 4) is 0 Å². The first-order valence-electron chi connectivity index (χ1n) is 7.82. The van der Waals surface area contributed by atoms with E-state index in [-0.39, 0.29) is 18.4 Å². The van der Waals surface area contributed by atoms with Crippen molar-refractivity contribution < 1.29 is 19.5 Å².